The molecule has 3 nitrogen and oxygen atoms in total. The summed E-state index contributed by atoms with van der Waals surface area (Å²) >= 11 is 0. The van der Waals surface area contributed by atoms with Gasteiger partial charge in [-0.2, -0.15) is 0 Å². The lowest BCUT2D eigenvalue weighted by molar-refractivity contribution is -0.134. The SMILES string of the molecule is CCC(=O)Oc1cccc(C)c1COc1ccc(CC)cc1C1CC1. The van der Waals surface area contributed by atoms with E-state index in [-0.39, 0.29) is 5.97 Å². The second-order valence-electron chi connectivity index (χ2n) is 6.67. The summed E-state index contributed by atoms with van der Waals surface area (Å²) in [5.74, 6) is 1.97. The van der Waals surface area contributed by atoms with Crippen LogP contribution in [-0.4, -0.2) is 5.97 Å². The van der Waals surface area contributed by atoms with Crippen molar-refractivity contribution in [2.75, 3.05) is 0 Å². The van der Waals surface area contributed by atoms with Crippen LogP contribution in [0.1, 0.15) is 61.3 Å². The highest BCUT2D eigenvalue weighted by Gasteiger charge is 2.27. The topological polar surface area (TPSA) is 35.5 Å². The molecule has 0 spiro atoms. The van der Waals surface area contributed by atoms with Gasteiger partial charge in [-0.25, -0.2) is 0 Å². The summed E-state index contributed by atoms with van der Waals surface area (Å²) in [6.45, 7) is 6.40. The van der Waals surface area contributed by atoms with Crippen molar-refractivity contribution in [3.05, 3.63) is 58.7 Å². The molecule has 3 rings (SSSR count). The van der Waals surface area contributed by atoms with Crippen LogP contribution >= 0.6 is 0 Å². The fourth-order valence-electron chi connectivity index (χ4n) is 2.96. The van der Waals surface area contributed by atoms with Gasteiger partial charge in [-0.15, -0.1) is 0 Å². The smallest absolute Gasteiger partial charge is 0.310 e. The van der Waals surface area contributed by atoms with Crippen LogP contribution in [0.2, 0.25) is 0 Å². The van der Waals surface area contributed by atoms with Crippen molar-refractivity contribution in [2.24, 2.45) is 0 Å². The van der Waals surface area contributed by atoms with Gasteiger partial charge in [0.25, 0.3) is 0 Å². The number of carbonyl (C=O) groups excluding carboxylic acids is 1. The average molecular weight is 338 g/mol. The van der Waals surface area contributed by atoms with Crippen molar-refractivity contribution < 1.29 is 14.3 Å². The summed E-state index contributed by atoms with van der Waals surface area (Å²) in [6, 6.07) is 12.3. The Bertz CT molecular complexity index is 760. The Labute approximate surface area is 150 Å². The van der Waals surface area contributed by atoms with Gasteiger partial charge in [-0.1, -0.05) is 38.1 Å². The van der Waals surface area contributed by atoms with Gasteiger partial charge in [-0.05, 0) is 60.9 Å². The molecule has 0 radical (unpaired) electrons. The molecule has 1 saturated carbocycles. The van der Waals surface area contributed by atoms with Crippen LogP contribution in [0, 0.1) is 6.92 Å². The lowest BCUT2D eigenvalue weighted by Gasteiger charge is -2.16. The van der Waals surface area contributed by atoms with E-state index in [4.69, 9.17) is 9.47 Å². The molecule has 0 atom stereocenters. The number of ether oxygens (including phenoxy) is 2. The monoisotopic (exact) mass is 338 g/mol. The van der Waals surface area contributed by atoms with Crippen molar-refractivity contribution in [1.82, 2.24) is 0 Å². The highest BCUT2D eigenvalue weighted by molar-refractivity contribution is 5.72. The molecule has 0 aromatic heterocycles. The first-order valence-electron chi connectivity index (χ1n) is 9.17. The molecule has 0 aliphatic heterocycles. The van der Waals surface area contributed by atoms with Gasteiger partial charge in [-0.3, -0.25) is 4.79 Å². The van der Waals surface area contributed by atoms with Gasteiger partial charge >= 0.3 is 5.97 Å². The van der Waals surface area contributed by atoms with E-state index in [0.717, 1.165) is 23.3 Å². The number of carbonyl (C=O) groups is 1. The van der Waals surface area contributed by atoms with Crippen molar-refractivity contribution in [3.8, 4) is 11.5 Å². The number of rotatable bonds is 7. The van der Waals surface area contributed by atoms with Gasteiger partial charge in [0, 0.05) is 12.0 Å². The van der Waals surface area contributed by atoms with Gasteiger partial charge < -0.3 is 9.47 Å². The lowest BCUT2D eigenvalue weighted by atomic mass is 10.0. The Morgan fingerprint density at radius 2 is 1.92 bits per heavy atom. The molecule has 1 aliphatic rings. The fraction of sp³-hybridized carbons (Fsp3) is 0.409. The summed E-state index contributed by atoms with van der Waals surface area (Å²) in [4.78, 5) is 11.7. The van der Waals surface area contributed by atoms with E-state index < -0.39 is 0 Å². The van der Waals surface area contributed by atoms with E-state index in [1.807, 2.05) is 25.1 Å². The molecule has 3 heteroatoms. The molecule has 1 aliphatic carbocycles. The summed E-state index contributed by atoms with van der Waals surface area (Å²) in [6.07, 6.45) is 3.88. The highest BCUT2D eigenvalue weighted by atomic mass is 16.5. The van der Waals surface area contributed by atoms with Gasteiger partial charge in [0.2, 0.25) is 0 Å². The number of aryl methyl sites for hydroxylation is 2. The normalized spacial score (nSPS) is 13.6. The van der Waals surface area contributed by atoms with Crippen molar-refractivity contribution >= 4 is 5.97 Å². The van der Waals surface area contributed by atoms with E-state index in [0.29, 0.717) is 24.7 Å². The molecule has 0 unspecified atom stereocenters. The minimum atomic E-state index is -0.224. The lowest BCUT2D eigenvalue weighted by Crippen LogP contribution is -2.10. The minimum Gasteiger partial charge on any atom is -0.488 e. The van der Waals surface area contributed by atoms with Crippen LogP contribution < -0.4 is 9.47 Å². The average Bonchev–Trinajstić information content (AvgIpc) is 3.46. The first-order chi connectivity index (χ1) is 12.1. The predicted molar refractivity (Wildman–Crippen MR) is 99.2 cm³/mol. The molecule has 0 N–H and O–H groups in total. The van der Waals surface area contributed by atoms with E-state index in [1.54, 1.807) is 6.92 Å². The maximum Gasteiger partial charge on any atom is 0.310 e. The quantitative estimate of drug-likeness (QED) is 0.506. The zero-order valence-electron chi connectivity index (χ0n) is 15.3. The van der Waals surface area contributed by atoms with Crippen LogP contribution in [0.25, 0.3) is 0 Å². The molecule has 0 amide bonds. The Kier molecular flexibility index (Phi) is 5.42. The van der Waals surface area contributed by atoms with E-state index in [1.165, 1.54) is 24.0 Å². The van der Waals surface area contributed by atoms with Gasteiger partial charge in [0.05, 0.1) is 0 Å². The molecule has 0 heterocycles. The number of hydrogen-bond donors (Lipinski definition) is 0. The summed E-state index contributed by atoms with van der Waals surface area (Å²) in [7, 11) is 0. The molecule has 0 saturated heterocycles. The molecular formula is C22H26O3. The minimum absolute atomic E-state index is 0.224. The number of benzene rings is 2. The summed E-state index contributed by atoms with van der Waals surface area (Å²) < 4.78 is 11.6. The van der Waals surface area contributed by atoms with Crippen molar-refractivity contribution in [1.29, 1.82) is 0 Å². The maximum atomic E-state index is 11.7. The van der Waals surface area contributed by atoms with Crippen LogP contribution in [0.5, 0.6) is 11.5 Å². The number of hydrogen-bond acceptors (Lipinski definition) is 3. The third-order valence-electron chi connectivity index (χ3n) is 4.75. The van der Waals surface area contributed by atoms with Gasteiger partial charge in [0.15, 0.2) is 0 Å². The van der Waals surface area contributed by atoms with Crippen molar-refractivity contribution in [3.63, 3.8) is 0 Å². The summed E-state index contributed by atoms with van der Waals surface area (Å²) in [5, 5.41) is 0. The molecule has 132 valence electrons. The van der Waals surface area contributed by atoms with Crippen LogP contribution in [0.3, 0.4) is 0 Å². The largest absolute Gasteiger partial charge is 0.488 e. The zero-order valence-corrected chi connectivity index (χ0v) is 15.3. The van der Waals surface area contributed by atoms with Gasteiger partial charge in [0.1, 0.15) is 18.1 Å². The van der Waals surface area contributed by atoms with E-state index in [9.17, 15) is 4.79 Å². The first kappa shape index (κ1) is 17.5. The molecule has 2 aromatic rings. The first-order valence-corrected chi connectivity index (χ1v) is 9.17. The Morgan fingerprint density at radius 1 is 1.12 bits per heavy atom. The predicted octanol–water partition coefficient (Wildman–Crippen LogP) is 5.33. The summed E-state index contributed by atoms with van der Waals surface area (Å²) in [5.41, 5.74) is 4.67. The molecule has 25 heavy (non-hydrogen) atoms. The Morgan fingerprint density at radius 3 is 2.60 bits per heavy atom. The maximum absolute atomic E-state index is 11.7. The standard InChI is InChI=1S/C22H26O3/c1-4-16-9-12-20(18(13-16)17-10-11-17)24-14-19-15(3)7-6-8-21(19)25-22(23)5-2/h6-9,12-13,17H,4-5,10-11,14H2,1-3H3. The van der Waals surface area contributed by atoms with Crippen LogP contribution in [0.4, 0.5) is 0 Å². The highest BCUT2D eigenvalue weighted by Crippen LogP contribution is 2.45. The van der Waals surface area contributed by atoms with Crippen LogP contribution in [-0.2, 0) is 17.8 Å². The molecular weight excluding hydrogens is 312 g/mol. The Hall–Kier alpha value is -2.29. The Balaban J connectivity index is 1.81. The second kappa shape index (κ2) is 7.73. The van der Waals surface area contributed by atoms with E-state index >= 15 is 0 Å². The van der Waals surface area contributed by atoms with Crippen molar-refractivity contribution in [2.45, 2.75) is 59.0 Å². The fourth-order valence-corrected chi connectivity index (χ4v) is 2.96. The second-order valence-corrected chi connectivity index (χ2v) is 6.67. The van der Waals surface area contributed by atoms with E-state index in [2.05, 4.69) is 25.1 Å². The molecule has 1 fully saturated rings. The van der Waals surface area contributed by atoms with Crippen LogP contribution in [0.15, 0.2) is 36.4 Å². The molecule has 0 bridgehead atoms. The molecule has 2 aromatic carbocycles. The third-order valence-corrected chi connectivity index (χ3v) is 4.75. The zero-order chi connectivity index (χ0) is 17.8. The number of esters is 1. The third kappa shape index (κ3) is 4.22.